The molecule has 1 atom stereocenters. The third kappa shape index (κ3) is 2.59. The number of nitrogens with zero attached hydrogens (tertiary/aromatic N) is 4. The summed E-state index contributed by atoms with van der Waals surface area (Å²) in [5.41, 5.74) is 6.94. The van der Waals surface area contributed by atoms with Crippen molar-refractivity contribution in [3.05, 3.63) is 18.4 Å². The maximum absolute atomic E-state index is 6.10. The van der Waals surface area contributed by atoms with Crippen LogP contribution in [0.3, 0.4) is 0 Å². The lowest BCUT2D eigenvalue weighted by molar-refractivity contribution is 0.286. The van der Waals surface area contributed by atoms with E-state index < -0.39 is 0 Å². The Morgan fingerprint density at radius 1 is 1.44 bits per heavy atom. The van der Waals surface area contributed by atoms with Crippen molar-refractivity contribution < 1.29 is 4.52 Å². The van der Waals surface area contributed by atoms with Gasteiger partial charge in [0.1, 0.15) is 5.69 Å². The van der Waals surface area contributed by atoms with Gasteiger partial charge in [0.25, 0.3) is 0 Å². The molecule has 0 aliphatic carbocycles. The lowest BCUT2D eigenvalue weighted by Gasteiger charge is -2.25. The second-order valence-electron chi connectivity index (χ2n) is 5.58. The van der Waals surface area contributed by atoms with E-state index in [4.69, 9.17) is 10.3 Å². The van der Waals surface area contributed by atoms with E-state index in [0.717, 1.165) is 5.69 Å². The first-order valence-electron chi connectivity index (χ1n) is 5.93. The standard InChI is InChI=1S/C12H19N5O/c1-12(2,3)9(13)5-10-15-11(16-18-10)8-6-14-7-17(8)4/h6-7,9H,5,13H2,1-4H3. The van der Waals surface area contributed by atoms with Crippen LogP contribution in [0.25, 0.3) is 11.5 Å². The zero-order valence-corrected chi connectivity index (χ0v) is 11.2. The molecule has 0 amide bonds. The molecule has 2 rings (SSSR count). The normalized spacial score (nSPS) is 13.8. The van der Waals surface area contributed by atoms with Crippen molar-refractivity contribution in [3.63, 3.8) is 0 Å². The van der Waals surface area contributed by atoms with Gasteiger partial charge in [-0.3, -0.25) is 0 Å². The summed E-state index contributed by atoms with van der Waals surface area (Å²) < 4.78 is 7.07. The average molecular weight is 249 g/mol. The Balaban J connectivity index is 2.15. The Morgan fingerprint density at radius 2 is 2.17 bits per heavy atom. The quantitative estimate of drug-likeness (QED) is 0.888. The van der Waals surface area contributed by atoms with Crippen LogP contribution in [0.15, 0.2) is 17.0 Å². The molecule has 2 aromatic rings. The Hall–Kier alpha value is -1.69. The maximum Gasteiger partial charge on any atom is 0.228 e. The van der Waals surface area contributed by atoms with E-state index in [1.54, 1.807) is 12.5 Å². The Kier molecular flexibility index (Phi) is 3.21. The third-order valence-electron chi connectivity index (χ3n) is 3.02. The Labute approximate surface area is 106 Å². The summed E-state index contributed by atoms with van der Waals surface area (Å²) in [5, 5.41) is 3.95. The van der Waals surface area contributed by atoms with E-state index in [1.807, 2.05) is 11.6 Å². The zero-order chi connectivity index (χ0) is 13.3. The molecule has 1 unspecified atom stereocenters. The largest absolute Gasteiger partial charge is 0.339 e. The minimum Gasteiger partial charge on any atom is -0.339 e. The summed E-state index contributed by atoms with van der Waals surface area (Å²) in [6, 6.07) is -0.0164. The second kappa shape index (κ2) is 4.53. The molecule has 0 aliphatic rings. The average Bonchev–Trinajstić information content (AvgIpc) is 2.85. The smallest absolute Gasteiger partial charge is 0.228 e. The SMILES string of the molecule is Cn1cncc1-c1noc(CC(N)C(C)(C)C)n1. The van der Waals surface area contributed by atoms with Gasteiger partial charge in [-0.2, -0.15) is 4.98 Å². The van der Waals surface area contributed by atoms with Crippen molar-refractivity contribution in [2.45, 2.75) is 33.2 Å². The van der Waals surface area contributed by atoms with Crippen molar-refractivity contribution in [1.82, 2.24) is 19.7 Å². The van der Waals surface area contributed by atoms with Gasteiger partial charge in [0.15, 0.2) is 0 Å². The molecule has 0 bridgehead atoms. The van der Waals surface area contributed by atoms with Crippen molar-refractivity contribution >= 4 is 0 Å². The molecule has 0 spiro atoms. The molecule has 2 aromatic heterocycles. The molecular weight excluding hydrogens is 230 g/mol. The molecule has 0 saturated carbocycles. The molecule has 2 N–H and O–H groups in total. The van der Waals surface area contributed by atoms with E-state index in [-0.39, 0.29) is 11.5 Å². The van der Waals surface area contributed by atoms with Crippen LogP contribution in [0.1, 0.15) is 26.7 Å². The fraction of sp³-hybridized carbons (Fsp3) is 0.583. The zero-order valence-electron chi connectivity index (χ0n) is 11.2. The highest BCUT2D eigenvalue weighted by Crippen LogP contribution is 2.21. The number of rotatable bonds is 3. The Morgan fingerprint density at radius 3 is 2.72 bits per heavy atom. The molecule has 0 saturated heterocycles. The molecule has 98 valence electrons. The topological polar surface area (TPSA) is 82.8 Å². The predicted octanol–water partition coefficient (Wildman–Crippen LogP) is 1.39. The summed E-state index contributed by atoms with van der Waals surface area (Å²) in [7, 11) is 1.89. The van der Waals surface area contributed by atoms with Crippen LogP contribution in [0.2, 0.25) is 0 Å². The lowest BCUT2D eigenvalue weighted by atomic mass is 9.85. The van der Waals surface area contributed by atoms with Crippen LogP contribution >= 0.6 is 0 Å². The van der Waals surface area contributed by atoms with Crippen LogP contribution in [0, 0.1) is 5.41 Å². The fourth-order valence-corrected chi connectivity index (χ4v) is 1.51. The number of nitrogens with two attached hydrogens (primary N) is 1. The van der Waals surface area contributed by atoms with E-state index in [2.05, 4.69) is 35.9 Å². The number of hydrogen-bond acceptors (Lipinski definition) is 5. The minimum atomic E-state index is -0.0164. The molecule has 0 fully saturated rings. The Bertz CT molecular complexity index is 523. The summed E-state index contributed by atoms with van der Waals surface area (Å²) in [6.07, 6.45) is 3.99. The molecule has 0 aliphatic heterocycles. The molecule has 6 nitrogen and oxygen atoms in total. The van der Waals surface area contributed by atoms with Gasteiger partial charge in [-0.05, 0) is 5.41 Å². The second-order valence-corrected chi connectivity index (χ2v) is 5.58. The third-order valence-corrected chi connectivity index (χ3v) is 3.02. The number of aryl methyl sites for hydroxylation is 1. The van der Waals surface area contributed by atoms with E-state index in [9.17, 15) is 0 Å². The van der Waals surface area contributed by atoms with Crippen molar-refractivity contribution in [2.75, 3.05) is 0 Å². The highest BCUT2D eigenvalue weighted by atomic mass is 16.5. The molecule has 18 heavy (non-hydrogen) atoms. The highest BCUT2D eigenvalue weighted by molar-refractivity contribution is 5.47. The van der Waals surface area contributed by atoms with Gasteiger partial charge >= 0.3 is 0 Å². The van der Waals surface area contributed by atoms with Gasteiger partial charge in [0, 0.05) is 19.5 Å². The summed E-state index contributed by atoms with van der Waals surface area (Å²) in [6.45, 7) is 6.28. The number of imidazole rings is 1. The van der Waals surface area contributed by atoms with Crippen molar-refractivity contribution in [2.24, 2.45) is 18.2 Å². The molecule has 0 aromatic carbocycles. The molecule has 6 heteroatoms. The highest BCUT2D eigenvalue weighted by Gasteiger charge is 2.23. The molecule has 0 radical (unpaired) electrons. The van der Waals surface area contributed by atoms with E-state index in [0.29, 0.717) is 18.1 Å². The molecular formula is C12H19N5O. The predicted molar refractivity (Wildman–Crippen MR) is 67.6 cm³/mol. The summed E-state index contributed by atoms with van der Waals surface area (Å²) in [4.78, 5) is 8.37. The van der Waals surface area contributed by atoms with Gasteiger partial charge in [0.05, 0.1) is 12.5 Å². The fourth-order valence-electron chi connectivity index (χ4n) is 1.51. The monoisotopic (exact) mass is 249 g/mol. The first kappa shape index (κ1) is 12.8. The van der Waals surface area contributed by atoms with E-state index >= 15 is 0 Å². The van der Waals surface area contributed by atoms with Gasteiger partial charge < -0.3 is 14.8 Å². The van der Waals surface area contributed by atoms with Crippen molar-refractivity contribution in [1.29, 1.82) is 0 Å². The minimum absolute atomic E-state index is 0.0150. The maximum atomic E-state index is 6.10. The summed E-state index contributed by atoms with van der Waals surface area (Å²) in [5.74, 6) is 1.11. The molecule has 2 heterocycles. The summed E-state index contributed by atoms with van der Waals surface area (Å²) >= 11 is 0. The van der Waals surface area contributed by atoms with Crippen LogP contribution in [0.5, 0.6) is 0 Å². The van der Waals surface area contributed by atoms with Crippen LogP contribution in [0.4, 0.5) is 0 Å². The van der Waals surface area contributed by atoms with Crippen LogP contribution in [-0.2, 0) is 13.5 Å². The first-order valence-corrected chi connectivity index (χ1v) is 5.93. The first-order chi connectivity index (χ1) is 8.38. The van der Waals surface area contributed by atoms with Crippen LogP contribution in [-0.4, -0.2) is 25.7 Å². The van der Waals surface area contributed by atoms with E-state index in [1.165, 1.54) is 0 Å². The number of aromatic nitrogens is 4. The van der Waals surface area contributed by atoms with Crippen LogP contribution < -0.4 is 5.73 Å². The van der Waals surface area contributed by atoms with Gasteiger partial charge in [-0.25, -0.2) is 4.98 Å². The lowest BCUT2D eigenvalue weighted by Crippen LogP contribution is -2.36. The van der Waals surface area contributed by atoms with Gasteiger partial charge in [-0.1, -0.05) is 25.9 Å². The number of hydrogen-bond donors (Lipinski definition) is 1. The van der Waals surface area contributed by atoms with Crippen molar-refractivity contribution in [3.8, 4) is 11.5 Å². The van der Waals surface area contributed by atoms with Gasteiger partial charge in [-0.15, -0.1) is 0 Å². The van der Waals surface area contributed by atoms with Gasteiger partial charge in [0.2, 0.25) is 11.7 Å².